The van der Waals surface area contributed by atoms with Gasteiger partial charge in [0, 0.05) is 23.5 Å². The highest BCUT2D eigenvalue weighted by Crippen LogP contribution is 2.30. The highest BCUT2D eigenvalue weighted by Gasteiger charge is 2.38. The van der Waals surface area contributed by atoms with Crippen LogP contribution in [0.3, 0.4) is 0 Å². The van der Waals surface area contributed by atoms with Crippen LogP contribution < -0.4 is 0 Å². The van der Waals surface area contributed by atoms with Gasteiger partial charge >= 0.3 is 5.97 Å². The fourth-order valence-corrected chi connectivity index (χ4v) is 3.57. The van der Waals surface area contributed by atoms with E-state index in [1.54, 1.807) is 4.90 Å². The average Bonchev–Trinajstić information content (AvgIpc) is 2.45. The summed E-state index contributed by atoms with van der Waals surface area (Å²) in [5.74, 6) is -1.07. The zero-order valence-electron chi connectivity index (χ0n) is 13.9. The number of carboxylic acid groups (broad SMARTS) is 1. The Labute approximate surface area is 142 Å². The molecule has 0 aliphatic carbocycles. The number of amides is 1. The minimum Gasteiger partial charge on any atom is -0.481 e. The minimum atomic E-state index is -0.818. The highest BCUT2D eigenvalue weighted by atomic mass is 35.5. The maximum atomic E-state index is 12.9. The molecule has 0 spiro atoms. The van der Waals surface area contributed by atoms with Gasteiger partial charge in [0.15, 0.2) is 0 Å². The second-order valence-electron chi connectivity index (χ2n) is 7.28. The second kappa shape index (κ2) is 6.91. The van der Waals surface area contributed by atoms with E-state index in [-0.39, 0.29) is 11.8 Å². The molecule has 2 rings (SSSR count). The van der Waals surface area contributed by atoms with E-state index in [1.807, 2.05) is 45.0 Å². The number of carboxylic acids is 1. The largest absolute Gasteiger partial charge is 0.481 e. The fraction of sp³-hybridized carbons (Fsp3) is 0.556. The summed E-state index contributed by atoms with van der Waals surface area (Å²) in [6.07, 6.45) is 1.21. The maximum Gasteiger partial charge on any atom is 0.308 e. The van der Waals surface area contributed by atoms with Gasteiger partial charge in [-0.2, -0.15) is 0 Å². The predicted molar refractivity (Wildman–Crippen MR) is 90.4 cm³/mol. The Morgan fingerprint density at radius 2 is 2.04 bits per heavy atom. The van der Waals surface area contributed by atoms with Crippen molar-refractivity contribution in [3.63, 3.8) is 0 Å². The normalized spacial score (nSPS) is 22.0. The van der Waals surface area contributed by atoms with Crippen LogP contribution in [0.25, 0.3) is 0 Å². The van der Waals surface area contributed by atoms with Crippen LogP contribution in [0.4, 0.5) is 0 Å². The summed E-state index contributed by atoms with van der Waals surface area (Å²) in [7, 11) is 0. The lowest BCUT2D eigenvalue weighted by Crippen LogP contribution is -2.50. The molecule has 1 aliphatic rings. The number of benzene rings is 1. The monoisotopic (exact) mass is 337 g/mol. The van der Waals surface area contributed by atoms with Gasteiger partial charge in [0.2, 0.25) is 5.91 Å². The smallest absolute Gasteiger partial charge is 0.308 e. The van der Waals surface area contributed by atoms with E-state index in [0.29, 0.717) is 31.0 Å². The highest BCUT2D eigenvalue weighted by molar-refractivity contribution is 6.30. The zero-order chi connectivity index (χ0) is 17.2. The number of carbonyl (C=O) groups excluding carboxylic acids is 1. The molecule has 2 unspecified atom stereocenters. The first-order chi connectivity index (χ1) is 10.7. The van der Waals surface area contributed by atoms with Gasteiger partial charge in [0.1, 0.15) is 0 Å². The molecule has 1 saturated heterocycles. The molecule has 1 fully saturated rings. The third-order valence-electron chi connectivity index (χ3n) is 4.41. The molecule has 5 heteroatoms. The number of carbonyl (C=O) groups is 2. The first kappa shape index (κ1) is 17.8. The van der Waals surface area contributed by atoms with Crippen LogP contribution in [-0.4, -0.2) is 35.0 Å². The van der Waals surface area contributed by atoms with Crippen molar-refractivity contribution in [1.29, 1.82) is 0 Å². The van der Waals surface area contributed by atoms with Gasteiger partial charge in [-0.25, -0.2) is 0 Å². The van der Waals surface area contributed by atoms with Crippen molar-refractivity contribution in [3.8, 4) is 0 Å². The Morgan fingerprint density at radius 3 is 2.65 bits per heavy atom. The van der Waals surface area contributed by atoms with Crippen LogP contribution in [0.2, 0.25) is 5.02 Å². The van der Waals surface area contributed by atoms with E-state index in [4.69, 9.17) is 11.6 Å². The molecule has 1 aromatic rings. The number of aliphatic carboxylic acids is 1. The van der Waals surface area contributed by atoms with Gasteiger partial charge in [0.05, 0.1) is 5.92 Å². The first-order valence-corrected chi connectivity index (χ1v) is 8.33. The minimum absolute atomic E-state index is 0.00951. The summed E-state index contributed by atoms with van der Waals surface area (Å²) in [4.78, 5) is 25.9. The van der Waals surface area contributed by atoms with Crippen LogP contribution in [0.15, 0.2) is 24.3 Å². The summed E-state index contributed by atoms with van der Waals surface area (Å²) < 4.78 is 0. The standard InChI is InChI=1S/C18H24ClNO3/c1-12-7-14(16(21)22)11-20(10-12)17(23)18(2,3)9-13-5-4-6-15(19)8-13/h4-6,8,12,14H,7,9-11H2,1-3H3,(H,21,22). The lowest BCUT2D eigenvalue weighted by molar-refractivity contribution is -0.150. The van der Waals surface area contributed by atoms with Crippen LogP contribution in [0, 0.1) is 17.3 Å². The van der Waals surface area contributed by atoms with Gasteiger partial charge in [-0.1, -0.05) is 44.5 Å². The molecule has 126 valence electrons. The van der Waals surface area contributed by atoms with Crippen molar-refractivity contribution in [1.82, 2.24) is 4.90 Å². The topological polar surface area (TPSA) is 57.6 Å². The summed E-state index contributed by atoms with van der Waals surface area (Å²) >= 11 is 6.01. The van der Waals surface area contributed by atoms with E-state index in [0.717, 1.165) is 5.56 Å². The first-order valence-electron chi connectivity index (χ1n) is 7.95. The van der Waals surface area contributed by atoms with Crippen molar-refractivity contribution in [2.45, 2.75) is 33.6 Å². The van der Waals surface area contributed by atoms with Crippen LogP contribution in [0.5, 0.6) is 0 Å². The van der Waals surface area contributed by atoms with Crippen molar-refractivity contribution >= 4 is 23.5 Å². The quantitative estimate of drug-likeness (QED) is 0.915. The third kappa shape index (κ3) is 4.47. The van der Waals surface area contributed by atoms with Crippen molar-refractivity contribution < 1.29 is 14.7 Å². The SMILES string of the molecule is CC1CC(C(=O)O)CN(C(=O)C(C)(C)Cc2cccc(Cl)c2)C1. The van der Waals surface area contributed by atoms with E-state index in [2.05, 4.69) is 0 Å². The molecule has 0 bridgehead atoms. The predicted octanol–water partition coefficient (Wildman–Crippen LogP) is 3.48. The molecular weight excluding hydrogens is 314 g/mol. The van der Waals surface area contributed by atoms with Gasteiger partial charge in [-0.3, -0.25) is 9.59 Å². The molecular formula is C18H24ClNO3. The Hall–Kier alpha value is -1.55. The molecule has 1 amide bonds. The maximum absolute atomic E-state index is 12.9. The lowest BCUT2D eigenvalue weighted by atomic mass is 9.82. The lowest BCUT2D eigenvalue weighted by Gasteiger charge is -2.39. The summed E-state index contributed by atoms with van der Waals surface area (Å²) in [6, 6.07) is 7.51. The van der Waals surface area contributed by atoms with E-state index < -0.39 is 17.3 Å². The van der Waals surface area contributed by atoms with Crippen LogP contribution in [-0.2, 0) is 16.0 Å². The van der Waals surface area contributed by atoms with E-state index >= 15 is 0 Å². The fourth-order valence-electron chi connectivity index (χ4n) is 3.36. The molecule has 0 saturated carbocycles. The van der Waals surface area contributed by atoms with Gasteiger partial charge in [-0.15, -0.1) is 0 Å². The number of likely N-dealkylation sites (tertiary alicyclic amines) is 1. The van der Waals surface area contributed by atoms with Gasteiger partial charge in [-0.05, 0) is 36.5 Å². The number of hydrogen-bond donors (Lipinski definition) is 1. The molecule has 1 heterocycles. The summed E-state index contributed by atoms with van der Waals surface area (Å²) in [5, 5.41) is 9.93. The zero-order valence-corrected chi connectivity index (χ0v) is 14.6. The number of piperidine rings is 1. The number of nitrogens with zero attached hydrogens (tertiary/aromatic N) is 1. The van der Waals surface area contributed by atoms with Crippen molar-refractivity contribution in [2.75, 3.05) is 13.1 Å². The Bertz CT molecular complexity index is 600. The molecule has 2 atom stereocenters. The van der Waals surface area contributed by atoms with Gasteiger partial charge in [0.25, 0.3) is 0 Å². The van der Waals surface area contributed by atoms with E-state index in [9.17, 15) is 14.7 Å². The third-order valence-corrected chi connectivity index (χ3v) is 4.65. The van der Waals surface area contributed by atoms with E-state index in [1.165, 1.54) is 0 Å². The number of hydrogen-bond acceptors (Lipinski definition) is 2. The molecule has 1 aromatic carbocycles. The number of halogens is 1. The molecule has 4 nitrogen and oxygen atoms in total. The van der Waals surface area contributed by atoms with Crippen LogP contribution >= 0.6 is 11.6 Å². The summed E-state index contributed by atoms with van der Waals surface area (Å²) in [5.41, 5.74) is 0.417. The molecule has 1 N–H and O–H groups in total. The average molecular weight is 338 g/mol. The van der Waals surface area contributed by atoms with Crippen molar-refractivity contribution in [2.24, 2.45) is 17.3 Å². The second-order valence-corrected chi connectivity index (χ2v) is 7.71. The Balaban J connectivity index is 2.12. The van der Waals surface area contributed by atoms with Gasteiger partial charge < -0.3 is 10.0 Å². The van der Waals surface area contributed by atoms with Crippen LogP contribution in [0.1, 0.15) is 32.8 Å². The molecule has 1 aliphatic heterocycles. The number of rotatable bonds is 4. The Morgan fingerprint density at radius 1 is 1.35 bits per heavy atom. The molecule has 0 aromatic heterocycles. The molecule has 0 radical (unpaired) electrons. The Kier molecular flexibility index (Phi) is 5.35. The molecule has 23 heavy (non-hydrogen) atoms. The summed E-state index contributed by atoms with van der Waals surface area (Å²) in [6.45, 7) is 6.75. The van der Waals surface area contributed by atoms with Crippen molar-refractivity contribution in [3.05, 3.63) is 34.9 Å².